The fourth-order valence-electron chi connectivity index (χ4n) is 4.05. The second kappa shape index (κ2) is 8.78. The van der Waals surface area contributed by atoms with Gasteiger partial charge in [-0.3, -0.25) is 4.79 Å². The van der Waals surface area contributed by atoms with E-state index in [0.717, 1.165) is 22.4 Å². The summed E-state index contributed by atoms with van der Waals surface area (Å²) in [4.78, 5) is 17.4. The summed E-state index contributed by atoms with van der Waals surface area (Å²) in [7, 11) is 0. The van der Waals surface area contributed by atoms with Crippen molar-refractivity contribution in [1.29, 1.82) is 0 Å². The summed E-state index contributed by atoms with van der Waals surface area (Å²) in [6.07, 6.45) is 2.61. The number of hydrogen-bond donors (Lipinski definition) is 2. The van der Waals surface area contributed by atoms with E-state index in [1.807, 2.05) is 54.4 Å². The highest BCUT2D eigenvalue weighted by atomic mass is 32.2. The van der Waals surface area contributed by atoms with E-state index in [2.05, 4.69) is 4.98 Å². The molecule has 1 amide bonds. The minimum atomic E-state index is -0.430. The molecule has 1 fully saturated rings. The quantitative estimate of drug-likeness (QED) is 0.430. The molecule has 168 valence electrons. The normalized spacial score (nSPS) is 16.0. The Morgan fingerprint density at radius 2 is 2.00 bits per heavy atom. The topological polar surface area (TPSA) is 74.2 Å². The van der Waals surface area contributed by atoms with Crippen molar-refractivity contribution in [2.75, 3.05) is 12.3 Å². The smallest absolute Gasteiger partial charge is 0.233 e. The van der Waals surface area contributed by atoms with E-state index in [0.29, 0.717) is 30.1 Å². The fourth-order valence-corrected chi connectivity index (χ4v) is 5.27. The van der Waals surface area contributed by atoms with Crippen LogP contribution >= 0.6 is 11.8 Å². The number of halogens is 1. The molecule has 0 unspecified atom stereocenters. The average Bonchev–Trinajstić information content (AvgIpc) is 3.51. The fraction of sp³-hybridized carbons (Fsp3) is 0.200. The molecule has 2 aromatic heterocycles. The molecule has 1 saturated heterocycles. The molecule has 5 rings (SSSR count). The minimum absolute atomic E-state index is 0.0655. The van der Waals surface area contributed by atoms with Crippen LogP contribution in [0.25, 0.3) is 17.1 Å². The molecule has 0 bridgehead atoms. The number of H-pyrrole nitrogens is 1. The molecule has 4 aromatic rings. The summed E-state index contributed by atoms with van der Waals surface area (Å²) in [6, 6.07) is 18.1. The van der Waals surface area contributed by atoms with Crippen molar-refractivity contribution in [2.24, 2.45) is 0 Å². The lowest BCUT2D eigenvalue weighted by atomic mass is 10.1. The molecule has 0 radical (unpaired) electrons. The van der Waals surface area contributed by atoms with Crippen molar-refractivity contribution >= 4 is 17.7 Å². The third-order valence-electron chi connectivity index (χ3n) is 5.73. The number of hydrogen-bond acceptors (Lipinski definition) is 4. The third kappa shape index (κ3) is 4.39. The summed E-state index contributed by atoms with van der Waals surface area (Å²) < 4.78 is 15.6. The predicted molar refractivity (Wildman–Crippen MR) is 127 cm³/mol. The van der Waals surface area contributed by atoms with Crippen molar-refractivity contribution in [3.8, 4) is 22.8 Å². The monoisotopic (exact) mass is 462 g/mol. The zero-order valence-corrected chi connectivity index (χ0v) is 18.8. The Hall–Kier alpha value is -3.52. The number of thioether (sulfide) groups is 1. The molecule has 33 heavy (non-hydrogen) atoms. The van der Waals surface area contributed by atoms with Gasteiger partial charge in [0.2, 0.25) is 5.91 Å². The van der Waals surface area contributed by atoms with Gasteiger partial charge in [0, 0.05) is 18.3 Å². The molecule has 6 nitrogen and oxygen atoms in total. The number of aromatic nitrogens is 3. The second-order valence-electron chi connectivity index (χ2n) is 8.10. The highest BCUT2D eigenvalue weighted by Gasteiger charge is 2.35. The number of rotatable bonds is 6. The number of carbonyl (C=O) groups is 1. The SMILES string of the molecule is Cc1cccc(-n2cc([C@H]3SCC(=O)N3CCc3ccc(O)cc3)c(-c3ccc(F)[nH]3)n2)c1. The summed E-state index contributed by atoms with van der Waals surface area (Å²) >= 11 is 1.55. The van der Waals surface area contributed by atoms with Gasteiger partial charge in [-0.1, -0.05) is 24.3 Å². The first kappa shape index (κ1) is 21.3. The summed E-state index contributed by atoms with van der Waals surface area (Å²) in [6.45, 7) is 2.56. The molecular formula is C25H23FN4O2S. The van der Waals surface area contributed by atoms with Crippen LogP contribution in [0, 0.1) is 12.9 Å². The largest absolute Gasteiger partial charge is 0.508 e. The molecule has 2 aromatic carbocycles. The van der Waals surface area contributed by atoms with Crippen molar-refractivity contribution in [3.63, 3.8) is 0 Å². The summed E-state index contributed by atoms with van der Waals surface area (Å²) in [5.41, 5.74) is 5.12. The number of carbonyl (C=O) groups excluding carboxylic acids is 1. The molecule has 1 atom stereocenters. The zero-order chi connectivity index (χ0) is 22.9. The van der Waals surface area contributed by atoms with Crippen LogP contribution in [0.15, 0.2) is 66.9 Å². The first-order valence-electron chi connectivity index (χ1n) is 10.7. The molecular weight excluding hydrogens is 439 g/mol. The Bertz CT molecular complexity index is 1300. The molecule has 3 heterocycles. The van der Waals surface area contributed by atoms with Gasteiger partial charge < -0.3 is 15.0 Å². The van der Waals surface area contributed by atoms with E-state index < -0.39 is 5.95 Å². The maximum Gasteiger partial charge on any atom is 0.233 e. The highest BCUT2D eigenvalue weighted by molar-refractivity contribution is 8.00. The van der Waals surface area contributed by atoms with E-state index >= 15 is 0 Å². The van der Waals surface area contributed by atoms with Crippen LogP contribution in [0.2, 0.25) is 0 Å². The van der Waals surface area contributed by atoms with Gasteiger partial charge in [0.1, 0.15) is 16.8 Å². The van der Waals surface area contributed by atoms with Crippen LogP contribution in [0.5, 0.6) is 5.75 Å². The van der Waals surface area contributed by atoms with Gasteiger partial charge >= 0.3 is 0 Å². The van der Waals surface area contributed by atoms with E-state index in [1.165, 1.54) is 6.07 Å². The lowest BCUT2D eigenvalue weighted by Crippen LogP contribution is -2.30. The van der Waals surface area contributed by atoms with Gasteiger partial charge in [-0.05, 0) is 60.9 Å². The molecule has 1 aliphatic rings. The third-order valence-corrected chi connectivity index (χ3v) is 6.96. The van der Waals surface area contributed by atoms with Crippen molar-refractivity contribution in [1.82, 2.24) is 19.7 Å². The number of amides is 1. The van der Waals surface area contributed by atoms with Crippen LogP contribution in [-0.4, -0.2) is 43.0 Å². The van der Waals surface area contributed by atoms with Gasteiger partial charge in [0.15, 0.2) is 5.95 Å². The van der Waals surface area contributed by atoms with Gasteiger partial charge in [0.25, 0.3) is 0 Å². The molecule has 0 saturated carbocycles. The first-order valence-corrected chi connectivity index (χ1v) is 11.7. The first-order chi connectivity index (χ1) is 16.0. The van der Waals surface area contributed by atoms with Crippen molar-refractivity contribution in [3.05, 3.63) is 89.5 Å². The molecule has 0 spiro atoms. The van der Waals surface area contributed by atoms with Gasteiger partial charge in [-0.25, -0.2) is 4.68 Å². The average molecular weight is 463 g/mol. The Morgan fingerprint density at radius 1 is 1.18 bits per heavy atom. The Kier molecular flexibility index (Phi) is 5.68. The number of benzene rings is 2. The zero-order valence-electron chi connectivity index (χ0n) is 18.0. The highest BCUT2D eigenvalue weighted by Crippen LogP contribution is 2.42. The number of nitrogens with one attached hydrogen (secondary N) is 1. The molecule has 1 aliphatic heterocycles. The number of phenols is 1. The van der Waals surface area contributed by atoms with E-state index in [1.54, 1.807) is 34.6 Å². The summed E-state index contributed by atoms with van der Waals surface area (Å²) in [5, 5.41) is 14.1. The molecule has 2 N–H and O–H groups in total. The number of aromatic hydroxyl groups is 1. The minimum Gasteiger partial charge on any atom is -0.508 e. The van der Waals surface area contributed by atoms with Crippen molar-refractivity contribution in [2.45, 2.75) is 18.7 Å². The maximum atomic E-state index is 13.8. The Balaban J connectivity index is 1.50. The number of aryl methyl sites for hydroxylation is 1. The van der Waals surface area contributed by atoms with Gasteiger partial charge in [-0.15, -0.1) is 11.8 Å². The molecule has 0 aliphatic carbocycles. The van der Waals surface area contributed by atoms with E-state index in [-0.39, 0.29) is 17.0 Å². The number of phenolic OH excluding ortho intramolecular Hbond substituents is 1. The van der Waals surface area contributed by atoms with Crippen LogP contribution in [-0.2, 0) is 11.2 Å². The van der Waals surface area contributed by atoms with Crippen LogP contribution in [0.4, 0.5) is 4.39 Å². The predicted octanol–water partition coefficient (Wildman–Crippen LogP) is 4.84. The summed E-state index contributed by atoms with van der Waals surface area (Å²) in [5.74, 6) is 0.237. The van der Waals surface area contributed by atoms with Gasteiger partial charge in [0.05, 0.1) is 17.1 Å². The van der Waals surface area contributed by atoms with Crippen LogP contribution in [0.1, 0.15) is 22.1 Å². The van der Waals surface area contributed by atoms with E-state index in [4.69, 9.17) is 5.10 Å². The van der Waals surface area contributed by atoms with Crippen molar-refractivity contribution < 1.29 is 14.3 Å². The second-order valence-corrected chi connectivity index (χ2v) is 9.17. The Morgan fingerprint density at radius 3 is 2.73 bits per heavy atom. The standard InChI is InChI=1S/C25H23FN4O2S/c1-16-3-2-4-18(13-16)30-14-20(24(28-30)21-9-10-22(26)27-21)25-29(23(32)15-33-25)12-11-17-5-7-19(31)8-6-17/h2-10,13-14,25,27,31H,11-12,15H2,1H3/t25-/m1/s1. The lowest BCUT2D eigenvalue weighted by Gasteiger charge is -2.24. The Labute approximate surface area is 195 Å². The number of nitrogens with zero attached hydrogens (tertiary/aromatic N) is 3. The lowest BCUT2D eigenvalue weighted by molar-refractivity contribution is -0.128. The van der Waals surface area contributed by atoms with Crippen LogP contribution in [0.3, 0.4) is 0 Å². The van der Waals surface area contributed by atoms with Crippen LogP contribution < -0.4 is 0 Å². The van der Waals surface area contributed by atoms with Gasteiger partial charge in [-0.2, -0.15) is 9.49 Å². The molecule has 8 heteroatoms. The maximum absolute atomic E-state index is 13.8. The number of aromatic amines is 1. The van der Waals surface area contributed by atoms with E-state index in [9.17, 15) is 14.3 Å².